The third-order valence-electron chi connectivity index (χ3n) is 3.60. The standard InChI is InChI=1S/C16H19NO3/c1-19-14-7-3-12(4-8-14)16(18,11-17)13-5-9-15(20-2)10-6-13/h3-5,7-9,11,17-18H,6,10H2,1-2H3. The van der Waals surface area contributed by atoms with Gasteiger partial charge in [-0.25, -0.2) is 0 Å². The molecule has 106 valence electrons. The summed E-state index contributed by atoms with van der Waals surface area (Å²) in [6, 6.07) is 7.12. The maximum Gasteiger partial charge on any atom is 0.146 e. The highest BCUT2D eigenvalue weighted by Crippen LogP contribution is 2.34. The van der Waals surface area contributed by atoms with Gasteiger partial charge in [-0.15, -0.1) is 0 Å². The highest BCUT2D eigenvalue weighted by molar-refractivity contribution is 5.74. The number of methoxy groups -OCH3 is 2. The van der Waals surface area contributed by atoms with Crippen molar-refractivity contribution in [3.05, 3.63) is 53.3 Å². The van der Waals surface area contributed by atoms with E-state index in [-0.39, 0.29) is 0 Å². The van der Waals surface area contributed by atoms with E-state index in [2.05, 4.69) is 0 Å². The van der Waals surface area contributed by atoms with Crippen LogP contribution in [-0.4, -0.2) is 25.5 Å². The summed E-state index contributed by atoms with van der Waals surface area (Å²) in [5, 5.41) is 18.4. The van der Waals surface area contributed by atoms with Crippen LogP contribution < -0.4 is 4.74 Å². The Morgan fingerprint density at radius 3 is 2.25 bits per heavy atom. The van der Waals surface area contributed by atoms with E-state index in [1.165, 1.54) is 0 Å². The number of benzene rings is 1. The highest BCUT2D eigenvalue weighted by Gasteiger charge is 2.32. The summed E-state index contributed by atoms with van der Waals surface area (Å²) in [5.74, 6) is 1.61. The first kappa shape index (κ1) is 14.3. The van der Waals surface area contributed by atoms with Crippen LogP contribution in [-0.2, 0) is 10.3 Å². The summed E-state index contributed by atoms with van der Waals surface area (Å²) in [6.07, 6.45) is 6.15. The first-order valence-corrected chi connectivity index (χ1v) is 6.46. The Kier molecular flexibility index (Phi) is 4.25. The molecule has 1 atom stereocenters. The summed E-state index contributed by atoms with van der Waals surface area (Å²) in [4.78, 5) is 0. The molecule has 0 saturated heterocycles. The lowest BCUT2D eigenvalue weighted by atomic mass is 9.82. The van der Waals surface area contributed by atoms with Crippen molar-refractivity contribution in [1.29, 1.82) is 5.41 Å². The molecule has 2 N–H and O–H groups in total. The van der Waals surface area contributed by atoms with E-state index in [4.69, 9.17) is 14.9 Å². The molecule has 1 aliphatic rings. The largest absolute Gasteiger partial charge is 0.501 e. The smallest absolute Gasteiger partial charge is 0.146 e. The molecule has 20 heavy (non-hydrogen) atoms. The summed E-state index contributed by atoms with van der Waals surface area (Å²) >= 11 is 0. The quantitative estimate of drug-likeness (QED) is 0.811. The average molecular weight is 273 g/mol. The van der Waals surface area contributed by atoms with E-state index in [9.17, 15) is 5.11 Å². The molecule has 1 aromatic carbocycles. The number of rotatable bonds is 5. The van der Waals surface area contributed by atoms with Crippen LogP contribution in [0.5, 0.6) is 5.75 Å². The molecule has 0 aliphatic heterocycles. The second-order valence-corrected chi connectivity index (χ2v) is 4.67. The van der Waals surface area contributed by atoms with Crippen molar-refractivity contribution in [3.8, 4) is 5.75 Å². The van der Waals surface area contributed by atoms with Crippen LogP contribution in [0.2, 0.25) is 0 Å². The summed E-state index contributed by atoms with van der Waals surface area (Å²) < 4.78 is 10.3. The average Bonchev–Trinajstić information content (AvgIpc) is 2.54. The number of nitrogens with one attached hydrogen (secondary N) is 1. The SMILES string of the molecule is COC1=CC=C(C(O)(C=N)c2ccc(OC)cc2)CC1. The number of hydrogen-bond donors (Lipinski definition) is 2. The Morgan fingerprint density at radius 1 is 1.10 bits per heavy atom. The fraction of sp³-hybridized carbons (Fsp3) is 0.312. The van der Waals surface area contributed by atoms with Gasteiger partial charge < -0.3 is 20.0 Å². The normalized spacial score (nSPS) is 17.6. The zero-order chi connectivity index (χ0) is 14.6. The molecule has 0 fully saturated rings. The maximum absolute atomic E-state index is 10.8. The molecule has 1 aromatic rings. The fourth-order valence-electron chi connectivity index (χ4n) is 2.31. The minimum Gasteiger partial charge on any atom is -0.501 e. The van der Waals surface area contributed by atoms with E-state index in [0.717, 1.165) is 29.7 Å². The molecule has 0 radical (unpaired) electrons. The van der Waals surface area contributed by atoms with Gasteiger partial charge in [0.2, 0.25) is 0 Å². The predicted octanol–water partition coefficient (Wildman–Crippen LogP) is 2.78. The Hall–Kier alpha value is -2.07. The molecular weight excluding hydrogens is 254 g/mol. The Labute approximate surface area is 118 Å². The van der Waals surface area contributed by atoms with Crippen LogP contribution in [0.1, 0.15) is 18.4 Å². The third kappa shape index (κ3) is 2.60. The van der Waals surface area contributed by atoms with Crippen molar-refractivity contribution >= 4 is 6.21 Å². The van der Waals surface area contributed by atoms with Crippen molar-refractivity contribution in [1.82, 2.24) is 0 Å². The lowest BCUT2D eigenvalue weighted by Gasteiger charge is -2.29. The van der Waals surface area contributed by atoms with E-state index >= 15 is 0 Å². The van der Waals surface area contributed by atoms with Gasteiger partial charge in [0.25, 0.3) is 0 Å². The van der Waals surface area contributed by atoms with Crippen molar-refractivity contribution in [2.45, 2.75) is 18.4 Å². The van der Waals surface area contributed by atoms with Crippen LogP contribution in [0.4, 0.5) is 0 Å². The van der Waals surface area contributed by atoms with Crippen LogP contribution in [0.15, 0.2) is 47.7 Å². The molecular formula is C16H19NO3. The number of ether oxygens (including phenoxy) is 2. The zero-order valence-electron chi connectivity index (χ0n) is 11.7. The zero-order valence-corrected chi connectivity index (χ0v) is 11.7. The molecule has 4 heteroatoms. The van der Waals surface area contributed by atoms with Crippen molar-refractivity contribution in [2.75, 3.05) is 14.2 Å². The number of aliphatic hydroxyl groups is 1. The topological polar surface area (TPSA) is 62.5 Å². The second-order valence-electron chi connectivity index (χ2n) is 4.67. The Balaban J connectivity index is 2.35. The highest BCUT2D eigenvalue weighted by atomic mass is 16.5. The van der Waals surface area contributed by atoms with Crippen LogP contribution in [0.3, 0.4) is 0 Å². The lowest BCUT2D eigenvalue weighted by molar-refractivity contribution is 0.149. The second kappa shape index (κ2) is 5.92. The van der Waals surface area contributed by atoms with Gasteiger partial charge in [0.05, 0.1) is 20.0 Å². The van der Waals surface area contributed by atoms with Gasteiger partial charge in [-0.3, -0.25) is 0 Å². The molecule has 0 amide bonds. The third-order valence-corrected chi connectivity index (χ3v) is 3.60. The van der Waals surface area contributed by atoms with E-state index in [1.54, 1.807) is 38.5 Å². The molecule has 0 saturated carbocycles. The minimum absolute atomic E-state index is 0.661. The van der Waals surface area contributed by atoms with Gasteiger partial charge in [-0.1, -0.05) is 18.2 Å². The molecule has 0 spiro atoms. The van der Waals surface area contributed by atoms with Gasteiger partial charge in [0.15, 0.2) is 0 Å². The summed E-state index contributed by atoms with van der Waals surface area (Å²) in [5.41, 5.74) is 0.0782. The molecule has 0 heterocycles. The summed E-state index contributed by atoms with van der Waals surface area (Å²) in [6.45, 7) is 0. The molecule has 2 rings (SSSR count). The van der Waals surface area contributed by atoms with Crippen molar-refractivity contribution in [2.24, 2.45) is 0 Å². The number of allylic oxidation sites excluding steroid dienone is 3. The van der Waals surface area contributed by atoms with Crippen LogP contribution >= 0.6 is 0 Å². The molecule has 1 aliphatic carbocycles. The molecule has 0 bridgehead atoms. The fourth-order valence-corrected chi connectivity index (χ4v) is 2.31. The maximum atomic E-state index is 10.8. The Bertz CT molecular complexity index is 545. The lowest BCUT2D eigenvalue weighted by Crippen LogP contribution is -2.30. The predicted molar refractivity (Wildman–Crippen MR) is 78.1 cm³/mol. The van der Waals surface area contributed by atoms with Crippen molar-refractivity contribution in [3.63, 3.8) is 0 Å². The minimum atomic E-state index is -1.37. The summed E-state index contributed by atoms with van der Waals surface area (Å²) in [7, 11) is 3.23. The van der Waals surface area contributed by atoms with Gasteiger partial charge in [0, 0.05) is 12.6 Å². The number of hydrogen-bond acceptors (Lipinski definition) is 4. The Morgan fingerprint density at radius 2 is 1.80 bits per heavy atom. The van der Waals surface area contributed by atoms with Gasteiger partial charge >= 0.3 is 0 Å². The van der Waals surface area contributed by atoms with E-state index < -0.39 is 5.60 Å². The van der Waals surface area contributed by atoms with E-state index in [0.29, 0.717) is 12.0 Å². The monoisotopic (exact) mass is 273 g/mol. The first-order chi connectivity index (χ1) is 9.63. The van der Waals surface area contributed by atoms with Crippen LogP contribution in [0, 0.1) is 5.41 Å². The molecule has 1 unspecified atom stereocenters. The van der Waals surface area contributed by atoms with Crippen LogP contribution in [0.25, 0.3) is 0 Å². The van der Waals surface area contributed by atoms with Gasteiger partial charge in [-0.05, 0) is 35.8 Å². The van der Waals surface area contributed by atoms with Gasteiger partial charge in [0.1, 0.15) is 11.4 Å². The van der Waals surface area contributed by atoms with E-state index in [1.807, 2.05) is 12.2 Å². The van der Waals surface area contributed by atoms with Crippen molar-refractivity contribution < 1.29 is 14.6 Å². The molecule has 0 aromatic heterocycles. The van der Waals surface area contributed by atoms with Gasteiger partial charge in [-0.2, -0.15) is 0 Å². The molecule has 4 nitrogen and oxygen atoms in total. The first-order valence-electron chi connectivity index (χ1n) is 6.46.